The summed E-state index contributed by atoms with van der Waals surface area (Å²) in [5.74, 6) is 1.05. The van der Waals surface area contributed by atoms with E-state index in [-0.39, 0.29) is 5.91 Å². The number of carbonyl (C=O) groups is 1. The number of nitrogens with one attached hydrogen (secondary N) is 1. The lowest BCUT2D eigenvalue weighted by Gasteiger charge is -2.10. The molecule has 1 N–H and O–H groups in total. The lowest BCUT2D eigenvalue weighted by Crippen LogP contribution is -2.26. The SMILES string of the molecule is O=C(NC[C@@H]1C[C@H]1c1ccccc1)c1ccccc1-c1cncnc1. The minimum Gasteiger partial charge on any atom is -0.352 e. The quantitative estimate of drug-likeness (QED) is 0.777. The molecule has 1 aliphatic rings. The Balaban J connectivity index is 1.43. The number of hydrogen-bond acceptors (Lipinski definition) is 3. The van der Waals surface area contributed by atoms with Crippen molar-refractivity contribution in [2.24, 2.45) is 5.92 Å². The maximum absolute atomic E-state index is 12.7. The molecule has 2 atom stereocenters. The molecule has 1 saturated carbocycles. The fraction of sp³-hybridized carbons (Fsp3) is 0.190. The van der Waals surface area contributed by atoms with Gasteiger partial charge < -0.3 is 5.32 Å². The molecule has 4 heteroatoms. The first-order valence-electron chi connectivity index (χ1n) is 8.50. The molecule has 25 heavy (non-hydrogen) atoms. The summed E-state index contributed by atoms with van der Waals surface area (Å²) in [5.41, 5.74) is 3.73. The Morgan fingerprint density at radius 2 is 1.72 bits per heavy atom. The molecule has 0 unspecified atom stereocenters. The van der Waals surface area contributed by atoms with Gasteiger partial charge in [-0.15, -0.1) is 0 Å². The van der Waals surface area contributed by atoms with Crippen LogP contribution < -0.4 is 5.32 Å². The molecule has 1 fully saturated rings. The Morgan fingerprint density at radius 3 is 2.52 bits per heavy atom. The topological polar surface area (TPSA) is 54.9 Å². The molecule has 4 nitrogen and oxygen atoms in total. The van der Waals surface area contributed by atoms with Crippen LogP contribution in [-0.4, -0.2) is 22.4 Å². The van der Waals surface area contributed by atoms with Crippen molar-refractivity contribution in [3.63, 3.8) is 0 Å². The highest BCUT2D eigenvalue weighted by Crippen LogP contribution is 2.46. The molecular weight excluding hydrogens is 310 g/mol. The highest BCUT2D eigenvalue weighted by molar-refractivity contribution is 6.00. The third-order valence-corrected chi connectivity index (χ3v) is 4.72. The Hall–Kier alpha value is -3.01. The number of hydrogen-bond donors (Lipinski definition) is 1. The van der Waals surface area contributed by atoms with Gasteiger partial charge >= 0.3 is 0 Å². The molecule has 2 aromatic carbocycles. The van der Waals surface area contributed by atoms with Gasteiger partial charge in [-0.25, -0.2) is 9.97 Å². The molecule has 4 rings (SSSR count). The highest BCUT2D eigenvalue weighted by atomic mass is 16.1. The zero-order valence-corrected chi connectivity index (χ0v) is 13.8. The first kappa shape index (κ1) is 15.5. The van der Waals surface area contributed by atoms with Gasteiger partial charge in [0.25, 0.3) is 5.91 Å². The van der Waals surface area contributed by atoms with Crippen LogP contribution in [0.25, 0.3) is 11.1 Å². The maximum atomic E-state index is 12.7. The summed E-state index contributed by atoms with van der Waals surface area (Å²) in [6.07, 6.45) is 6.08. The van der Waals surface area contributed by atoms with E-state index in [1.165, 1.54) is 11.9 Å². The highest BCUT2D eigenvalue weighted by Gasteiger charge is 2.38. The fourth-order valence-corrected chi connectivity index (χ4v) is 3.27. The Morgan fingerprint density at radius 1 is 1.00 bits per heavy atom. The molecule has 0 radical (unpaired) electrons. The van der Waals surface area contributed by atoms with Gasteiger partial charge in [0, 0.05) is 30.1 Å². The molecule has 1 amide bonds. The van der Waals surface area contributed by atoms with Gasteiger partial charge in [-0.3, -0.25) is 4.79 Å². The number of benzene rings is 2. The van der Waals surface area contributed by atoms with Gasteiger partial charge in [0.2, 0.25) is 0 Å². The second-order valence-electron chi connectivity index (χ2n) is 6.40. The molecule has 0 saturated heterocycles. The van der Waals surface area contributed by atoms with E-state index in [0.717, 1.165) is 17.5 Å². The molecule has 1 aromatic heterocycles. The molecule has 0 aliphatic heterocycles. The summed E-state index contributed by atoms with van der Waals surface area (Å²) in [6, 6.07) is 18.1. The van der Waals surface area contributed by atoms with E-state index < -0.39 is 0 Å². The average Bonchev–Trinajstić information content (AvgIpc) is 3.47. The molecule has 1 heterocycles. The van der Waals surface area contributed by atoms with Crippen LogP contribution in [0.15, 0.2) is 73.3 Å². The average molecular weight is 329 g/mol. The van der Waals surface area contributed by atoms with Crippen LogP contribution in [0, 0.1) is 5.92 Å². The smallest absolute Gasteiger partial charge is 0.251 e. The Kier molecular flexibility index (Phi) is 4.25. The van der Waals surface area contributed by atoms with E-state index in [2.05, 4.69) is 39.6 Å². The van der Waals surface area contributed by atoms with Crippen molar-refractivity contribution in [2.45, 2.75) is 12.3 Å². The van der Waals surface area contributed by atoms with Crippen LogP contribution in [0.4, 0.5) is 0 Å². The first-order chi connectivity index (χ1) is 12.3. The van der Waals surface area contributed by atoms with E-state index in [9.17, 15) is 4.79 Å². The molecule has 1 aliphatic carbocycles. The summed E-state index contributed by atoms with van der Waals surface area (Å²) in [4.78, 5) is 20.8. The number of rotatable bonds is 5. The van der Waals surface area contributed by atoms with E-state index in [0.29, 0.717) is 23.9 Å². The predicted octanol–water partition coefficient (Wildman–Crippen LogP) is 3.68. The summed E-state index contributed by atoms with van der Waals surface area (Å²) in [7, 11) is 0. The van der Waals surface area contributed by atoms with Crippen LogP contribution in [0.3, 0.4) is 0 Å². The van der Waals surface area contributed by atoms with E-state index in [1.807, 2.05) is 30.3 Å². The molecule has 0 spiro atoms. The molecule has 0 bridgehead atoms. The monoisotopic (exact) mass is 329 g/mol. The van der Waals surface area contributed by atoms with Crippen LogP contribution in [0.5, 0.6) is 0 Å². The summed E-state index contributed by atoms with van der Waals surface area (Å²) >= 11 is 0. The van der Waals surface area contributed by atoms with Gasteiger partial charge in [-0.2, -0.15) is 0 Å². The lowest BCUT2D eigenvalue weighted by molar-refractivity contribution is 0.0952. The van der Waals surface area contributed by atoms with Crippen molar-refractivity contribution < 1.29 is 4.79 Å². The van der Waals surface area contributed by atoms with Gasteiger partial charge in [0.05, 0.1) is 0 Å². The second-order valence-corrected chi connectivity index (χ2v) is 6.40. The predicted molar refractivity (Wildman–Crippen MR) is 97.1 cm³/mol. The molecule has 3 aromatic rings. The van der Waals surface area contributed by atoms with Crippen LogP contribution in [0.2, 0.25) is 0 Å². The Labute approximate surface area is 147 Å². The van der Waals surface area contributed by atoms with Crippen LogP contribution in [-0.2, 0) is 0 Å². The van der Waals surface area contributed by atoms with Gasteiger partial charge in [-0.05, 0) is 35.4 Å². The van der Waals surface area contributed by atoms with Gasteiger partial charge in [0.1, 0.15) is 6.33 Å². The largest absolute Gasteiger partial charge is 0.352 e. The third kappa shape index (κ3) is 3.43. The van der Waals surface area contributed by atoms with Gasteiger partial charge in [-0.1, -0.05) is 48.5 Å². The van der Waals surface area contributed by atoms with Crippen molar-refractivity contribution in [1.82, 2.24) is 15.3 Å². The van der Waals surface area contributed by atoms with E-state index in [4.69, 9.17) is 0 Å². The molecule has 124 valence electrons. The maximum Gasteiger partial charge on any atom is 0.251 e. The van der Waals surface area contributed by atoms with Crippen molar-refractivity contribution in [3.8, 4) is 11.1 Å². The number of carbonyl (C=O) groups excluding carboxylic acids is 1. The van der Waals surface area contributed by atoms with Crippen molar-refractivity contribution in [3.05, 3.63) is 84.4 Å². The fourth-order valence-electron chi connectivity index (χ4n) is 3.27. The number of aromatic nitrogens is 2. The summed E-state index contributed by atoms with van der Waals surface area (Å²) < 4.78 is 0. The zero-order chi connectivity index (χ0) is 17.1. The number of amides is 1. The lowest BCUT2D eigenvalue weighted by atomic mass is 10.0. The zero-order valence-electron chi connectivity index (χ0n) is 13.8. The van der Waals surface area contributed by atoms with Gasteiger partial charge in [0.15, 0.2) is 0 Å². The van der Waals surface area contributed by atoms with Crippen molar-refractivity contribution in [1.29, 1.82) is 0 Å². The van der Waals surface area contributed by atoms with Crippen molar-refractivity contribution >= 4 is 5.91 Å². The Bertz CT molecular complexity index is 865. The van der Waals surface area contributed by atoms with E-state index in [1.54, 1.807) is 12.4 Å². The summed E-state index contributed by atoms with van der Waals surface area (Å²) in [6.45, 7) is 0.706. The van der Waals surface area contributed by atoms with Crippen molar-refractivity contribution in [2.75, 3.05) is 6.54 Å². The summed E-state index contributed by atoms with van der Waals surface area (Å²) in [5, 5.41) is 3.09. The first-order valence-corrected chi connectivity index (χ1v) is 8.50. The second kappa shape index (κ2) is 6.85. The van der Waals surface area contributed by atoms with E-state index >= 15 is 0 Å². The van der Waals surface area contributed by atoms with Crippen LogP contribution in [0.1, 0.15) is 28.3 Å². The number of nitrogens with zero attached hydrogens (tertiary/aromatic N) is 2. The molecular formula is C21H19N3O. The minimum absolute atomic E-state index is 0.0434. The van der Waals surface area contributed by atoms with Crippen LogP contribution >= 0.6 is 0 Å². The standard InChI is InChI=1S/C21H19N3O/c25-21(24-13-16-10-20(16)15-6-2-1-3-7-15)19-9-5-4-8-18(19)17-11-22-14-23-12-17/h1-9,11-12,14,16,20H,10,13H2,(H,24,25)/t16-,20-/m0/s1. The third-order valence-electron chi connectivity index (χ3n) is 4.72. The normalized spacial score (nSPS) is 18.6. The minimum atomic E-state index is -0.0434.